The molecule has 2 aromatic carbocycles. The van der Waals surface area contributed by atoms with Crippen molar-refractivity contribution in [1.82, 2.24) is 0 Å². The highest BCUT2D eigenvalue weighted by molar-refractivity contribution is 9.10. The van der Waals surface area contributed by atoms with Crippen LogP contribution in [-0.4, -0.2) is 4.92 Å². The fraction of sp³-hybridized carbons (Fsp3) is 0.143. The SMILES string of the molecule is Cc1cc(OCc2cccc([N+](=O)[O-])c2)ccc1Br. The molecular formula is C14H12BrNO3. The largest absolute Gasteiger partial charge is 0.489 e. The summed E-state index contributed by atoms with van der Waals surface area (Å²) in [5.74, 6) is 0.743. The number of hydrogen-bond acceptors (Lipinski definition) is 3. The maximum Gasteiger partial charge on any atom is 0.269 e. The summed E-state index contributed by atoms with van der Waals surface area (Å²) >= 11 is 3.42. The van der Waals surface area contributed by atoms with Crippen LogP contribution in [0.3, 0.4) is 0 Å². The first-order valence-corrected chi connectivity index (χ1v) is 6.48. The van der Waals surface area contributed by atoms with E-state index in [1.807, 2.05) is 25.1 Å². The summed E-state index contributed by atoms with van der Waals surface area (Å²) in [5.41, 5.74) is 1.93. The molecule has 0 aromatic heterocycles. The summed E-state index contributed by atoms with van der Waals surface area (Å²) < 4.78 is 6.64. The molecule has 98 valence electrons. The van der Waals surface area contributed by atoms with Gasteiger partial charge < -0.3 is 4.74 Å². The molecule has 0 amide bonds. The van der Waals surface area contributed by atoms with Gasteiger partial charge in [0.15, 0.2) is 0 Å². The van der Waals surface area contributed by atoms with E-state index in [1.54, 1.807) is 12.1 Å². The van der Waals surface area contributed by atoms with Gasteiger partial charge in [0.05, 0.1) is 4.92 Å². The lowest BCUT2D eigenvalue weighted by molar-refractivity contribution is -0.384. The third-order valence-electron chi connectivity index (χ3n) is 2.66. The maximum absolute atomic E-state index is 10.7. The Hall–Kier alpha value is -1.88. The molecule has 0 N–H and O–H groups in total. The van der Waals surface area contributed by atoms with Crippen molar-refractivity contribution in [1.29, 1.82) is 0 Å². The molecule has 0 spiro atoms. The van der Waals surface area contributed by atoms with E-state index in [2.05, 4.69) is 15.9 Å². The van der Waals surface area contributed by atoms with Gasteiger partial charge in [-0.1, -0.05) is 28.1 Å². The number of benzene rings is 2. The third kappa shape index (κ3) is 3.54. The predicted octanol–water partition coefficient (Wildman–Crippen LogP) is 4.24. The Morgan fingerprint density at radius 1 is 1.26 bits per heavy atom. The van der Waals surface area contributed by atoms with Crippen molar-refractivity contribution in [2.24, 2.45) is 0 Å². The minimum Gasteiger partial charge on any atom is -0.489 e. The highest BCUT2D eigenvalue weighted by Gasteiger charge is 2.06. The Morgan fingerprint density at radius 3 is 2.74 bits per heavy atom. The second-order valence-electron chi connectivity index (χ2n) is 4.13. The average Bonchev–Trinajstić information content (AvgIpc) is 2.40. The zero-order valence-electron chi connectivity index (χ0n) is 10.3. The van der Waals surface area contributed by atoms with E-state index in [9.17, 15) is 10.1 Å². The van der Waals surface area contributed by atoms with Gasteiger partial charge in [0.1, 0.15) is 12.4 Å². The van der Waals surface area contributed by atoms with Crippen molar-refractivity contribution < 1.29 is 9.66 Å². The lowest BCUT2D eigenvalue weighted by Gasteiger charge is -2.07. The Morgan fingerprint density at radius 2 is 2.05 bits per heavy atom. The summed E-state index contributed by atoms with van der Waals surface area (Å²) in [6.45, 7) is 2.28. The molecule has 19 heavy (non-hydrogen) atoms. The number of aryl methyl sites for hydroxylation is 1. The fourth-order valence-electron chi connectivity index (χ4n) is 1.63. The van der Waals surface area contributed by atoms with Crippen molar-refractivity contribution in [3.63, 3.8) is 0 Å². The topological polar surface area (TPSA) is 52.4 Å². The molecular weight excluding hydrogens is 310 g/mol. The highest BCUT2D eigenvalue weighted by Crippen LogP contribution is 2.22. The number of rotatable bonds is 4. The number of nitrogens with zero attached hydrogens (tertiary/aromatic N) is 1. The summed E-state index contributed by atoms with van der Waals surface area (Å²) in [5, 5.41) is 10.7. The minimum atomic E-state index is -0.409. The smallest absolute Gasteiger partial charge is 0.269 e. The minimum absolute atomic E-state index is 0.0769. The quantitative estimate of drug-likeness (QED) is 0.625. The zero-order chi connectivity index (χ0) is 13.8. The normalized spacial score (nSPS) is 10.2. The molecule has 0 aliphatic carbocycles. The molecule has 0 saturated carbocycles. The van der Waals surface area contributed by atoms with Gasteiger partial charge in [-0.2, -0.15) is 0 Å². The molecule has 0 heterocycles. The molecule has 0 bridgehead atoms. The first-order chi connectivity index (χ1) is 9.06. The van der Waals surface area contributed by atoms with E-state index in [4.69, 9.17) is 4.74 Å². The molecule has 0 saturated heterocycles. The molecule has 0 aliphatic rings. The van der Waals surface area contributed by atoms with Gasteiger partial charge >= 0.3 is 0 Å². The lowest BCUT2D eigenvalue weighted by Crippen LogP contribution is -1.97. The fourth-order valence-corrected chi connectivity index (χ4v) is 1.88. The molecule has 0 fully saturated rings. The van der Waals surface area contributed by atoms with E-state index in [1.165, 1.54) is 12.1 Å². The number of nitro benzene ring substituents is 1. The molecule has 5 heteroatoms. The van der Waals surface area contributed by atoms with Crippen LogP contribution in [0.15, 0.2) is 46.9 Å². The zero-order valence-corrected chi connectivity index (χ0v) is 11.9. The monoisotopic (exact) mass is 321 g/mol. The van der Waals surface area contributed by atoms with Gasteiger partial charge in [-0.05, 0) is 36.2 Å². The number of nitro groups is 1. The summed E-state index contributed by atoms with van der Waals surface area (Å²) in [7, 11) is 0. The molecule has 2 rings (SSSR count). The highest BCUT2D eigenvalue weighted by atomic mass is 79.9. The third-order valence-corrected chi connectivity index (χ3v) is 3.55. The molecule has 4 nitrogen and oxygen atoms in total. The van der Waals surface area contributed by atoms with E-state index >= 15 is 0 Å². The van der Waals surface area contributed by atoms with Crippen molar-refractivity contribution in [3.8, 4) is 5.75 Å². The Bertz CT molecular complexity index is 613. The van der Waals surface area contributed by atoms with E-state index < -0.39 is 4.92 Å². The van der Waals surface area contributed by atoms with Gasteiger partial charge in [0.25, 0.3) is 5.69 Å². The average molecular weight is 322 g/mol. The van der Waals surface area contributed by atoms with Gasteiger partial charge in [-0.15, -0.1) is 0 Å². The predicted molar refractivity (Wildman–Crippen MR) is 76.3 cm³/mol. The van der Waals surface area contributed by atoms with Gasteiger partial charge in [-0.25, -0.2) is 0 Å². The van der Waals surface area contributed by atoms with Crippen LogP contribution < -0.4 is 4.74 Å². The Labute approximate surface area is 119 Å². The number of non-ortho nitro benzene ring substituents is 1. The van der Waals surface area contributed by atoms with Crippen LogP contribution in [0.1, 0.15) is 11.1 Å². The Kier molecular flexibility index (Phi) is 4.16. The number of hydrogen-bond donors (Lipinski definition) is 0. The van der Waals surface area contributed by atoms with Crippen LogP contribution in [0.5, 0.6) is 5.75 Å². The molecule has 0 radical (unpaired) electrons. The van der Waals surface area contributed by atoms with Crippen molar-refractivity contribution >= 4 is 21.6 Å². The van der Waals surface area contributed by atoms with Crippen LogP contribution in [0, 0.1) is 17.0 Å². The molecule has 2 aromatic rings. The first-order valence-electron chi connectivity index (χ1n) is 5.68. The van der Waals surface area contributed by atoms with Gasteiger partial charge in [0.2, 0.25) is 0 Å². The molecule has 0 aliphatic heterocycles. The van der Waals surface area contributed by atoms with Crippen molar-refractivity contribution in [2.45, 2.75) is 13.5 Å². The van der Waals surface area contributed by atoms with Crippen molar-refractivity contribution in [3.05, 3.63) is 68.2 Å². The first kappa shape index (κ1) is 13.5. The second kappa shape index (κ2) is 5.84. The van der Waals surface area contributed by atoms with E-state index in [-0.39, 0.29) is 5.69 Å². The summed E-state index contributed by atoms with van der Waals surface area (Å²) in [6, 6.07) is 12.1. The van der Waals surface area contributed by atoms with Crippen LogP contribution in [0.25, 0.3) is 0 Å². The lowest BCUT2D eigenvalue weighted by atomic mass is 10.2. The van der Waals surface area contributed by atoms with Crippen LogP contribution >= 0.6 is 15.9 Å². The maximum atomic E-state index is 10.7. The van der Waals surface area contributed by atoms with Crippen LogP contribution in [-0.2, 0) is 6.61 Å². The van der Waals surface area contributed by atoms with Crippen molar-refractivity contribution in [2.75, 3.05) is 0 Å². The van der Waals surface area contributed by atoms with E-state index in [0.717, 1.165) is 21.3 Å². The number of halogens is 1. The van der Waals surface area contributed by atoms with Crippen LogP contribution in [0.4, 0.5) is 5.69 Å². The number of ether oxygens (including phenoxy) is 1. The van der Waals surface area contributed by atoms with Crippen LogP contribution in [0.2, 0.25) is 0 Å². The molecule has 0 unspecified atom stereocenters. The summed E-state index contributed by atoms with van der Waals surface area (Å²) in [4.78, 5) is 10.3. The van der Waals surface area contributed by atoms with Gasteiger partial charge in [0, 0.05) is 16.6 Å². The van der Waals surface area contributed by atoms with Gasteiger partial charge in [-0.3, -0.25) is 10.1 Å². The second-order valence-corrected chi connectivity index (χ2v) is 4.98. The summed E-state index contributed by atoms with van der Waals surface area (Å²) in [6.07, 6.45) is 0. The van der Waals surface area contributed by atoms with E-state index in [0.29, 0.717) is 6.61 Å². The standard InChI is InChI=1S/C14H12BrNO3/c1-10-7-13(5-6-14(10)15)19-9-11-3-2-4-12(8-11)16(17)18/h2-8H,9H2,1H3. The Balaban J connectivity index is 2.07. The molecule has 0 atom stereocenters.